The van der Waals surface area contributed by atoms with Gasteiger partial charge < -0.3 is 10.1 Å². The van der Waals surface area contributed by atoms with Gasteiger partial charge in [-0.2, -0.15) is 0 Å². The molecule has 0 saturated heterocycles. The van der Waals surface area contributed by atoms with E-state index >= 15 is 0 Å². The quantitative estimate of drug-likeness (QED) is 0.300. The average molecular weight is 516 g/mol. The summed E-state index contributed by atoms with van der Waals surface area (Å²) in [5.74, 6) is 0.925. The summed E-state index contributed by atoms with van der Waals surface area (Å²) in [6.45, 7) is 4.29. The predicted molar refractivity (Wildman–Crippen MR) is 136 cm³/mol. The third kappa shape index (κ3) is 6.46. The van der Waals surface area contributed by atoms with Gasteiger partial charge in [0.2, 0.25) is 5.91 Å². The van der Waals surface area contributed by atoms with Crippen LogP contribution in [-0.2, 0) is 4.79 Å². The number of carbonyl (C=O) groups is 1. The van der Waals surface area contributed by atoms with Crippen molar-refractivity contribution in [3.63, 3.8) is 0 Å². The summed E-state index contributed by atoms with van der Waals surface area (Å²) in [6.07, 6.45) is 3.21. The highest BCUT2D eigenvalue weighted by Gasteiger charge is 2.09. The van der Waals surface area contributed by atoms with Gasteiger partial charge >= 0.3 is 0 Å². The van der Waals surface area contributed by atoms with Crippen LogP contribution >= 0.6 is 39.5 Å². The first-order valence-electron chi connectivity index (χ1n) is 9.55. The first-order valence-corrected chi connectivity index (χ1v) is 11.6. The minimum absolute atomic E-state index is 0.196. The molecule has 3 aromatic rings. The molecule has 0 aliphatic rings. The van der Waals surface area contributed by atoms with Crippen molar-refractivity contribution in [3.8, 4) is 17.0 Å². The summed E-state index contributed by atoms with van der Waals surface area (Å²) in [5, 5.41) is 8.31. The standard InChI is InChI=1S/C23H22BrN3O2S2/c1-14(2)16-7-4-15(5-8-16)6-11-21(28)26-22(30)27-23-25-19(13-31-23)17-9-10-20(29-3)18(24)12-17/h4-14H,1-3H3,(H2,25,26,27,28,30). The molecule has 3 rings (SSSR count). The molecular weight excluding hydrogens is 494 g/mol. The fourth-order valence-electron chi connectivity index (χ4n) is 2.74. The van der Waals surface area contributed by atoms with Crippen LogP contribution in [0.5, 0.6) is 5.75 Å². The molecule has 2 aromatic carbocycles. The zero-order chi connectivity index (χ0) is 22.4. The molecule has 0 unspecified atom stereocenters. The molecule has 31 heavy (non-hydrogen) atoms. The molecule has 0 spiro atoms. The molecule has 0 saturated carbocycles. The Morgan fingerprint density at radius 2 is 1.97 bits per heavy atom. The van der Waals surface area contributed by atoms with Gasteiger partial charge in [0.1, 0.15) is 5.75 Å². The fourth-order valence-corrected chi connectivity index (χ4v) is 4.26. The Balaban J connectivity index is 1.56. The predicted octanol–water partition coefficient (Wildman–Crippen LogP) is 6.23. The highest BCUT2D eigenvalue weighted by Crippen LogP contribution is 2.32. The Morgan fingerprint density at radius 3 is 2.61 bits per heavy atom. The van der Waals surface area contributed by atoms with Gasteiger partial charge in [-0.1, -0.05) is 38.1 Å². The van der Waals surface area contributed by atoms with E-state index in [1.54, 1.807) is 13.2 Å². The number of benzene rings is 2. The van der Waals surface area contributed by atoms with Crippen LogP contribution in [0.15, 0.2) is 58.4 Å². The van der Waals surface area contributed by atoms with Crippen LogP contribution in [0.2, 0.25) is 0 Å². The Morgan fingerprint density at radius 1 is 1.23 bits per heavy atom. The normalized spacial score (nSPS) is 11.0. The number of nitrogens with zero attached hydrogens (tertiary/aromatic N) is 1. The van der Waals surface area contributed by atoms with Crippen molar-refractivity contribution >= 4 is 61.7 Å². The molecular formula is C23H22BrN3O2S2. The van der Waals surface area contributed by atoms with Gasteiger partial charge in [0.25, 0.3) is 0 Å². The molecule has 0 atom stereocenters. The second-order valence-corrected chi connectivity index (χ2v) is 9.11. The van der Waals surface area contributed by atoms with Crippen LogP contribution in [0.1, 0.15) is 30.9 Å². The largest absolute Gasteiger partial charge is 0.496 e. The topological polar surface area (TPSA) is 63.2 Å². The Hall–Kier alpha value is -2.55. The lowest BCUT2D eigenvalue weighted by Crippen LogP contribution is -2.32. The molecule has 0 radical (unpaired) electrons. The number of aromatic nitrogens is 1. The highest BCUT2D eigenvalue weighted by atomic mass is 79.9. The van der Waals surface area contributed by atoms with E-state index in [2.05, 4.69) is 57.5 Å². The van der Waals surface area contributed by atoms with Gasteiger partial charge in [-0.05, 0) is 69.5 Å². The van der Waals surface area contributed by atoms with Crippen LogP contribution in [0, 0.1) is 0 Å². The SMILES string of the molecule is COc1ccc(-c2csc(NC(=S)NC(=O)C=Cc3ccc(C(C)C)cc3)n2)cc1Br. The summed E-state index contributed by atoms with van der Waals surface area (Å²) in [6, 6.07) is 13.9. The van der Waals surface area contributed by atoms with Crippen molar-refractivity contribution in [2.45, 2.75) is 19.8 Å². The van der Waals surface area contributed by atoms with Gasteiger partial charge in [-0.15, -0.1) is 11.3 Å². The molecule has 0 fully saturated rings. The maximum Gasteiger partial charge on any atom is 0.250 e. The Bertz CT molecular complexity index is 1110. The third-order valence-electron chi connectivity index (χ3n) is 4.44. The summed E-state index contributed by atoms with van der Waals surface area (Å²) in [4.78, 5) is 16.7. The van der Waals surface area contributed by atoms with Crippen molar-refractivity contribution in [2.75, 3.05) is 12.4 Å². The van der Waals surface area contributed by atoms with Crippen LogP contribution in [0.4, 0.5) is 5.13 Å². The van der Waals surface area contributed by atoms with Crippen LogP contribution in [-0.4, -0.2) is 23.1 Å². The molecule has 5 nitrogen and oxygen atoms in total. The van der Waals surface area contributed by atoms with Crippen molar-refractivity contribution in [1.29, 1.82) is 0 Å². The van der Waals surface area contributed by atoms with Crippen molar-refractivity contribution in [2.24, 2.45) is 0 Å². The lowest BCUT2D eigenvalue weighted by Gasteiger charge is -2.06. The number of halogens is 1. The second kappa shape index (κ2) is 10.7. The van der Waals surface area contributed by atoms with Crippen LogP contribution < -0.4 is 15.4 Å². The third-order valence-corrected chi connectivity index (χ3v) is 6.02. The number of hydrogen-bond donors (Lipinski definition) is 2. The van der Waals surface area contributed by atoms with Gasteiger partial charge in [0, 0.05) is 17.0 Å². The van der Waals surface area contributed by atoms with E-state index in [0.717, 1.165) is 27.0 Å². The second-order valence-electron chi connectivity index (χ2n) is 6.99. The summed E-state index contributed by atoms with van der Waals surface area (Å²) >= 11 is 10.1. The molecule has 2 N–H and O–H groups in total. The zero-order valence-electron chi connectivity index (χ0n) is 17.3. The number of thiazole rings is 1. The summed E-state index contributed by atoms with van der Waals surface area (Å²) < 4.78 is 6.10. The monoisotopic (exact) mass is 515 g/mol. The summed E-state index contributed by atoms with van der Waals surface area (Å²) in [7, 11) is 1.62. The number of anilines is 1. The average Bonchev–Trinajstić information content (AvgIpc) is 3.20. The van der Waals surface area contributed by atoms with E-state index < -0.39 is 0 Å². The Kier molecular flexibility index (Phi) is 7.95. The van der Waals surface area contributed by atoms with Crippen molar-refractivity contribution in [1.82, 2.24) is 10.3 Å². The number of ether oxygens (including phenoxy) is 1. The van der Waals surface area contributed by atoms with E-state index in [9.17, 15) is 4.79 Å². The fraction of sp³-hybridized carbons (Fsp3) is 0.174. The number of amides is 1. The van der Waals surface area contributed by atoms with Crippen LogP contribution in [0.3, 0.4) is 0 Å². The van der Waals surface area contributed by atoms with Gasteiger partial charge in [-0.25, -0.2) is 4.98 Å². The van der Waals surface area contributed by atoms with Crippen molar-refractivity contribution in [3.05, 3.63) is 69.5 Å². The maximum absolute atomic E-state index is 12.2. The molecule has 1 aromatic heterocycles. The number of hydrogen-bond acceptors (Lipinski definition) is 5. The first kappa shape index (κ1) is 23.1. The zero-order valence-corrected chi connectivity index (χ0v) is 20.5. The van der Waals surface area contributed by atoms with Crippen molar-refractivity contribution < 1.29 is 9.53 Å². The molecule has 0 aliphatic heterocycles. The minimum Gasteiger partial charge on any atom is -0.496 e. The Labute approximate surface area is 199 Å². The van der Waals surface area contributed by atoms with Crippen LogP contribution in [0.25, 0.3) is 17.3 Å². The van der Waals surface area contributed by atoms with E-state index in [4.69, 9.17) is 17.0 Å². The number of rotatable bonds is 6. The molecule has 1 heterocycles. The first-order chi connectivity index (χ1) is 14.9. The van der Waals surface area contributed by atoms with E-state index in [1.807, 2.05) is 35.7 Å². The lowest BCUT2D eigenvalue weighted by molar-refractivity contribution is -0.115. The molecule has 0 bridgehead atoms. The van der Waals surface area contributed by atoms with E-state index in [1.165, 1.54) is 23.0 Å². The number of thiocarbonyl (C=S) groups is 1. The molecule has 1 amide bonds. The number of methoxy groups -OCH3 is 1. The van der Waals surface area contributed by atoms with Gasteiger partial charge in [0.15, 0.2) is 10.2 Å². The number of nitrogens with one attached hydrogen (secondary N) is 2. The highest BCUT2D eigenvalue weighted by molar-refractivity contribution is 9.10. The summed E-state index contributed by atoms with van der Waals surface area (Å²) in [5.41, 5.74) is 3.96. The minimum atomic E-state index is -0.304. The van der Waals surface area contributed by atoms with E-state index in [-0.39, 0.29) is 11.0 Å². The molecule has 8 heteroatoms. The lowest BCUT2D eigenvalue weighted by atomic mass is 10.0. The molecule has 160 valence electrons. The van der Waals surface area contributed by atoms with E-state index in [0.29, 0.717) is 11.0 Å². The smallest absolute Gasteiger partial charge is 0.250 e. The van der Waals surface area contributed by atoms with Gasteiger partial charge in [0.05, 0.1) is 17.3 Å². The maximum atomic E-state index is 12.2. The molecule has 0 aliphatic carbocycles. The van der Waals surface area contributed by atoms with Gasteiger partial charge in [-0.3, -0.25) is 10.1 Å². The number of carbonyl (C=O) groups excluding carboxylic acids is 1.